The minimum Gasteiger partial charge on any atom is -0.375 e. The molecule has 0 bridgehead atoms. The maximum Gasteiger partial charge on any atom is 0.259 e. The van der Waals surface area contributed by atoms with Crippen molar-refractivity contribution in [1.29, 1.82) is 0 Å². The zero-order valence-electron chi connectivity index (χ0n) is 12.9. The van der Waals surface area contributed by atoms with Gasteiger partial charge in [0, 0.05) is 0 Å². The van der Waals surface area contributed by atoms with Crippen LogP contribution in [0.5, 0.6) is 0 Å². The maximum atomic E-state index is 11.8. The number of fused-ring (bicyclic) bond motifs is 1. The number of nitrogens with zero attached hydrogens (tertiary/aromatic N) is 1. The topological polar surface area (TPSA) is 53.5 Å². The van der Waals surface area contributed by atoms with Crippen LogP contribution in [0, 0.1) is 0 Å². The van der Waals surface area contributed by atoms with E-state index in [4.69, 9.17) is 11.6 Å². The molecule has 3 aromatic rings. The Kier molecular flexibility index (Phi) is 5.08. The summed E-state index contributed by atoms with van der Waals surface area (Å²) in [7, 11) is 0. The van der Waals surface area contributed by atoms with Crippen molar-refractivity contribution < 1.29 is 4.79 Å². The summed E-state index contributed by atoms with van der Waals surface area (Å²) < 4.78 is 0. The molecule has 0 spiro atoms. The molecule has 4 nitrogen and oxygen atoms in total. The number of rotatable bonds is 5. The molecule has 0 radical (unpaired) electrons. The van der Waals surface area contributed by atoms with Crippen molar-refractivity contribution in [3.63, 3.8) is 0 Å². The summed E-state index contributed by atoms with van der Waals surface area (Å²) in [5.74, 6) is -0.244. The summed E-state index contributed by atoms with van der Waals surface area (Å²) in [5.41, 5.74) is 4.13. The quantitative estimate of drug-likeness (QED) is 0.545. The molecule has 0 saturated heterocycles. The van der Waals surface area contributed by atoms with E-state index in [9.17, 15) is 4.79 Å². The van der Waals surface area contributed by atoms with Gasteiger partial charge in [0.15, 0.2) is 0 Å². The molecule has 3 aromatic carbocycles. The molecule has 0 aliphatic heterocycles. The number of nitrogens with one attached hydrogen (secondary N) is 2. The number of hydrogen-bond donors (Lipinski definition) is 2. The van der Waals surface area contributed by atoms with Gasteiger partial charge >= 0.3 is 0 Å². The number of benzene rings is 3. The van der Waals surface area contributed by atoms with Crippen LogP contribution < -0.4 is 10.7 Å². The summed E-state index contributed by atoms with van der Waals surface area (Å²) in [6.07, 6.45) is 1.62. The van der Waals surface area contributed by atoms with E-state index in [0.717, 1.165) is 10.9 Å². The average Bonchev–Trinajstić information content (AvgIpc) is 2.61. The van der Waals surface area contributed by atoms with Gasteiger partial charge in [-0.15, -0.1) is 0 Å². The summed E-state index contributed by atoms with van der Waals surface area (Å²) in [5, 5.41) is 9.83. The molecule has 24 heavy (non-hydrogen) atoms. The van der Waals surface area contributed by atoms with Crippen molar-refractivity contribution in [3.8, 4) is 0 Å². The Morgan fingerprint density at radius 3 is 2.58 bits per heavy atom. The molecule has 0 fully saturated rings. The molecule has 0 heterocycles. The molecular formula is C19H16ClN3O. The zero-order chi connectivity index (χ0) is 16.8. The molecular weight excluding hydrogens is 322 g/mol. The van der Waals surface area contributed by atoms with Crippen molar-refractivity contribution in [2.75, 3.05) is 11.9 Å². The number of carbonyl (C=O) groups is 1. The number of anilines is 1. The first-order valence-electron chi connectivity index (χ1n) is 7.51. The second kappa shape index (κ2) is 7.62. The van der Waals surface area contributed by atoms with Gasteiger partial charge in [-0.05, 0) is 34.5 Å². The standard InChI is InChI=1S/C19H16ClN3O/c20-17-7-3-4-8-18(17)21-13-19(24)23-22-12-14-9-10-15-5-1-2-6-16(15)11-14/h1-12,21H,13H2,(H,23,24). The first-order valence-corrected chi connectivity index (χ1v) is 7.89. The molecule has 2 N–H and O–H groups in total. The van der Waals surface area contributed by atoms with Gasteiger partial charge in [-0.2, -0.15) is 5.10 Å². The lowest BCUT2D eigenvalue weighted by molar-refractivity contribution is -0.119. The van der Waals surface area contributed by atoms with Crippen LogP contribution in [-0.4, -0.2) is 18.7 Å². The van der Waals surface area contributed by atoms with Gasteiger partial charge in [-0.1, -0.05) is 60.1 Å². The molecule has 0 unspecified atom stereocenters. The van der Waals surface area contributed by atoms with E-state index >= 15 is 0 Å². The van der Waals surface area contributed by atoms with Crippen LogP contribution in [-0.2, 0) is 4.79 Å². The first-order chi connectivity index (χ1) is 11.7. The fourth-order valence-corrected chi connectivity index (χ4v) is 2.49. The highest BCUT2D eigenvalue weighted by atomic mass is 35.5. The van der Waals surface area contributed by atoms with Gasteiger partial charge < -0.3 is 5.32 Å². The van der Waals surface area contributed by atoms with E-state index in [0.29, 0.717) is 10.7 Å². The third-order valence-electron chi connectivity index (χ3n) is 3.49. The van der Waals surface area contributed by atoms with Gasteiger partial charge in [-0.25, -0.2) is 5.43 Å². The average molecular weight is 338 g/mol. The first kappa shape index (κ1) is 16.0. The van der Waals surface area contributed by atoms with Gasteiger partial charge in [0.25, 0.3) is 5.91 Å². The molecule has 0 aliphatic carbocycles. The van der Waals surface area contributed by atoms with E-state index in [1.54, 1.807) is 12.3 Å². The fraction of sp³-hybridized carbons (Fsp3) is 0.0526. The number of amides is 1. The predicted molar refractivity (Wildman–Crippen MR) is 99.6 cm³/mol. The second-order valence-corrected chi connectivity index (χ2v) is 5.64. The van der Waals surface area contributed by atoms with Crippen LogP contribution in [0.3, 0.4) is 0 Å². The Bertz CT molecular complexity index is 892. The largest absolute Gasteiger partial charge is 0.375 e. The van der Waals surface area contributed by atoms with Gasteiger partial charge in [-0.3, -0.25) is 4.79 Å². The van der Waals surface area contributed by atoms with E-state index in [1.807, 2.05) is 54.6 Å². The summed E-state index contributed by atoms with van der Waals surface area (Å²) in [6, 6.07) is 21.4. The van der Waals surface area contributed by atoms with Crippen molar-refractivity contribution in [1.82, 2.24) is 5.43 Å². The Morgan fingerprint density at radius 1 is 1.00 bits per heavy atom. The lowest BCUT2D eigenvalue weighted by Crippen LogP contribution is -2.25. The summed E-state index contributed by atoms with van der Waals surface area (Å²) in [6.45, 7) is 0.0960. The van der Waals surface area contributed by atoms with E-state index in [-0.39, 0.29) is 12.5 Å². The van der Waals surface area contributed by atoms with Gasteiger partial charge in [0.1, 0.15) is 0 Å². The Balaban J connectivity index is 1.55. The monoisotopic (exact) mass is 337 g/mol. The third-order valence-corrected chi connectivity index (χ3v) is 3.82. The van der Waals surface area contributed by atoms with Crippen molar-refractivity contribution in [2.45, 2.75) is 0 Å². The second-order valence-electron chi connectivity index (χ2n) is 5.23. The molecule has 120 valence electrons. The minimum atomic E-state index is -0.244. The smallest absolute Gasteiger partial charge is 0.259 e. The van der Waals surface area contributed by atoms with Crippen LogP contribution in [0.25, 0.3) is 10.8 Å². The van der Waals surface area contributed by atoms with Crippen molar-refractivity contribution >= 4 is 40.2 Å². The van der Waals surface area contributed by atoms with Crippen LogP contribution in [0.4, 0.5) is 5.69 Å². The van der Waals surface area contributed by atoms with Gasteiger partial charge in [0.05, 0.1) is 23.5 Å². The molecule has 3 rings (SSSR count). The highest BCUT2D eigenvalue weighted by Crippen LogP contribution is 2.19. The van der Waals surface area contributed by atoms with E-state index in [2.05, 4.69) is 21.9 Å². The molecule has 0 atom stereocenters. The summed E-state index contributed by atoms with van der Waals surface area (Å²) >= 11 is 6.02. The number of halogens is 1. The fourth-order valence-electron chi connectivity index (χ4n) is 2.29. The Morgan fingerprint density at radius 2 is 1.75 bits per heavy atom. The number of para-hydroxylation sites is 1. The zero-order valence-corrected chi connectivity index (χ0v) is 13.6. The minimum absolute atomic E-state index is 0.0960. The van der Waals surface area contributed by atoms with E-state index < -0.39 is 0 Å². The molecule has 0 saturated carbocycles. The molecule has 0 aliphatic rings. The molecule has 5 heteroatoms. The van der Waals surface area contributed by atoms with Crippen molar-refractivity contribution in [3.05, 3.63) is 77.3 Å². The molecule has 1 amide bonds. The maximum absolute atomic E-state index is 11.8. The van der Waals surface area contributed by atoms with Crippen LogP contribution >= 0.6 is 11.6 Å². The lowest BCUT2D eigenvalue weighted by atomic mass is 10.1. The highest BCUT2D eigenvalue weighted by Gasteiger charge is 2.02. The lowest BCUT2D eigenvalue weighted by Gasteiger charge is -2.06. The number of hydrazone groups is 1. The van der Waals surface area contributed by atoms with Gasteiger partial charge in [0.2, 0.25) is 0 Å². The van der Waals surface area contributed by atoms with E-state index in [1.165, 1.54) is 5.39 Å². The third kappa shape index (κ3) is 4.12. The molecule has 0 aromatic heterocycles. The SMILES string of the molecule is O=C(CNc1ccccc1Cl)NN=Cc1ccc2ccccc2c1. The van der Waals surface area contributed by atoms with Crippen molar-refractivity contribution in [2.24, 2.45) is 5.10 Å². The number of hydrogen-bond acceptors (Lipinski definition) is 3. The summed E-state index contributed by atoms with van der Waals surface area (Å²) in [4.78, 5) is 11.8. The normalized spacial score (nSPS) is 10.9. The van der Waals surface area contributed by atoms with Crippen LogP contribution in [0.1, 0.15) is 5.56 Å². The van der Waals surface area contributed by atoms with Crippen LogP contribution in [0.15, 0.2) is 71.8 Å². The predicted octanol–water partition coefficient (Wildman–Crippen LogP) is 4.06. The number of carbonyl (C=O) groups excluding carboxylic acids is 1. The van der Waals surface area contributed by atoms with Crippen LogP contribution in [0.2, 0.25) is 5.02 Å². The Labute approximate surface area is 145 Å². The highest BCUT2D eigenvalue weighted by molar-refractivity contribution is 6.33. The Hall–Kier alpha value is -2.85.